The maximum Gasteiger partial charge on any atom is 0.125 e. The van der Waals surface area contributed by atoms with Gasteiger partial charge >= 0.3 is 0 Å². The van der Waals surface area contributed by atoms with Crippen molar-refractivity contribution in [3.8, 4) is 5.75 Å². The van der Waals surface area contributed by atoms with E-state index in [0.717, 1.165) is 25.6 Å². The summed E-state index contributed by atoms with van der Waals surface area (Å²) in [6, 6.07) is 11.3. The van der Waals surface area contributed by atoms with E-state index in [1.807, 2.05) is 36.4 Å². The Labute approximate surface area is 136 Å². The maximum atomic E-state index is 6.20. The van der Waals surface area contributed by atoms with E-state index in [4.69, 9.17) is 27.9 Å². The summed E-state index contributed by atoms with van der Waals surface area (Å²) in [7, 11) is 1.64. The van der Waals surface area contributed by atoms with Crippen LogP contribution in [0.15, 0.2) is 36.4 Å². The highest BCUT2D eigenvalue weighted by atomic mass is 127. The molecular weight excluding hydrogens is 396 g/mol. The van der Waals surface area contributed by atoms with Crippen molar-refractivity contribution in [2.75, 3.05) is 12.4 Å². The van der Waals surface area contributed by atoms with Gasteiger partial charge in [-0.3, -0.25) is 0 Å². The van der Waals surface area contributed by atoms with Crippen molar-refractivity contribution < 1.29 is 4.74 Å². The number of ether oxygens (including phenoxy) is 1. The van der Waals surface area contributed by atoms with Crippen molar-refractivity contribution in [2.24, 2.45) is 0 Å². The minimum Gasteiger partial charge on any atom is -0.496 e. The Kier molecular flexibility index (Phi) is 5.19. The first kappa shape index (κ1) is 14.8. The average Bonchev–Trinajstić information content (AvgIpc) is 2.39. The third-order valence-electron chi connectivity index (χ3n) is 2.68. The smallest absolute Gasteiger partial charge is 0.125 e. The summed E-state index contributed by atoms with van der Waals surface area (Å²) in [5.41, 5.74) is 1.96. The van der Waals surface area contributed by atoms with E-state index in [0.29, 0.717) is 11.6 Å². The van der Waals surface area contributed by atoms with Gasteiger partial charge in [-0.2, -0.15) is 0 Å². The molecule has 0 saturated carbocycles. The maximum absolute atomic E-state index is 6.20. The van der Waals surface area contributed by atoms with Crippen LogP contribution in [0.5, 0.6) is 5.75 Å². The van der Waals surface area contributed by atoms with Gasteiger partial charge in [0.15, 0.2) is 0 Å². The van der Waals surface area contributed by atoms with Crippen LogP contribution in [0.25, 0.3) is 0 Å². The number of rotatable bonds is 4. The highest BCUT2D eigenvalue weighted by molar-refractivity contribution is 14.1. The van der Waals surface area contributed by atoms with Crippen LogP contribution in [0.1, 0.15) is 5.56 Å². The summed E-state index contributed by atoms with van der Waals surface area (Å²) in [6.07, 6.45) is 0. The molecule has 0 aliphatic carbocycles. The normalized spacial score (nSPS) is 10.3. The van der Waals surface area contributed by atoms with Crippen molar-refractivity contribution in [1.82, 2.24) is 0 Å². The molecule has 100 valence electrons. The molecule has 2 rings (SSSR count). The lowest BCUT2D eigenvalue weighted by molar-refractivity contribution is 0.410. The molecule has 0 radical (unpaired) electrons. The molecule has 2 aromatic rings. The number of hydrogen-bond donors (Lipinski definition) is 1. The third-order valence-corrected chi connectivity index (χ3v) is 4.16. The number of methoxy groups -OCH3 is 1. The predicted octanol–water partition coefficient (Wildman–Crippen LogP) is 5.22. The Morgan fingerprint density at radius 2 is 2.00 bits per heavy atom. The van der Waals surface area contributed by atoms with Crippen LogP contribution in [0, 0.1) is 3.57 Å². The molecule has 0 unspecified atom stereocenters. The fourth-order valence-corrected chi connectivity index (χ4v) is 3.01. The van der Waals surface area contributed by atoms with Gasteiger partial charge in [0.2, 0.25) is 0 Å². The van der Waals surface area contributed by atoms with E-state index in [-0.39, 0.29) is 0 Å². The first-order chi connectivity index (χ1) is 9.11. The lowest BCUT2D eigenvalue weighted by Gasteiger charge is -2.13. The second-order valence-corrected chi connectivity index (χ2v) is 5.90. The Bertz CT molecular complexity index is 590. The van der Waals surface area contributed by atoms with Crippen LogP contribution in [0.4, 0.5) is 5.69 Å². The fraction of sp³-hybridized carbons (Fsp3) is 0.143. The quantitative estimate of drug-likeness (QED) is 0.701. The first-order valence-electron chi connectivity index (χ1n) is 5.62. The van der Waals surface area contributed by atoms with Gasteiger partial charge in [0.1, 0.15) is 5.75 Å². The summed E-state index contributed by atoms with van der Waals surface area (Å²) in [5, 5.41) is 4.76. The van der Waals surface area contributed by atoms with Gasteiger partial charge in [0.05, 0.1) is 7.11 Å². The predicted molar refractivity (Wildman–Crippen MR) is 89.5 cm³/mol. The number of hydrogen-bond acceptors (Lipinski definition) is 2. The monoisotopic (exact) mass is 407 g/mol. The van der Waals surface area contributed by atoms with Crippen molar-refractivity contribution in [2.45, 2.75) is 6.54 Å². The summed E-state index contributed by atoms with van der Waals surface area (Å²) < 4.78 is 6.38. The summed E-state index contributed by atoms with van der Waals surface area (Å²) in [5.74, 6) is 0.781. The van der Waals surface area contributed by atoms with Crippen LogP contribution in [0.3, 0.4) is 0 Å². The van der Waals surface area contributed by atoms with E-state index >= 15 is 0 Å². The van der Waals surface area contributed by atoms with E-state index in [1.165, 1.54) is 0 Å². The average molecular weight is 408 g/mol. The molecule has 2 aromatic carbocycles. The van der Waals surface area contributed by atoms with Crippen molar-refractivity contribution >= 4 is 51.5 Å². The fourth-order valence-electron chi connectivity index (χ4n) is 1.72. The van der Waals surface area contributed by atoms with Crippen molar-refractivity contribution in [3.63, 3.8) is 0 Å². The molecule has 0 fully saturated rings. The molecule has 0 aliphatic rings. The molecule has 1 N–H and O–H groups in total. The molecule has 0 aromatic heterocycles. The number of benzene rings is 2. The van der Waals surface area contributed by atoms with E-state index < -0.39 is 0 Å². The Morgan fingerprint density at radius 1 is 1.21 bits per heavy atom. The van der Waals surface area contributed by atoms with Gasteiger partial charge in [0, 0.05) is 31.4 Å². The highest BCUT2D eigenvalue weighted by Crippen LogP contribution is 2.28. The lowest BCUT2D eigenvalue weighted by atomic mass is 10.2. The van der Waals surface area contributed by atoms with Crippen LogP contribution >= 0.6 is 45.8 Å². The topological polar surface area (TPSA) is 21.3 Å². The number of halogens is 3. The molecule has 0 bridgehead atoms. The number of anilines is 1. The molecule has 5 heteroatoms. The van der Waals surface area contributed by atoms with Gasteiger partial charge in [-0.25, -0.2) is 0 Å². The van der Waals surface area contributed by atoms with Crippen LogP contribution in [-0.2, 0) is 6.54 Å². The van der Waals surface area contributed by atoms with Gasteiger partial charge < -0.3 is 10.1 Å². The Hall–Kier alpha value is -0.650. The van der Waals surface area contributed by atoms with E-state index in [9.17, 15) is 0 Å². The van der Waals surface area contributed by atoms with Crippen LogP contribution < -0.4 is 10.1 Å². The Balaban J connectivity index is 2.19. The highest BCUT2D eigenvalue weighted by Gasteiger charge is 2.08. The molecule has 0 heterocycles. The van der Waals surface area contributed by atoms with Crippen molar-refractivity contribution in [1.29, 1.82) is 0 Å². The zero-order chi connectivity index (χ0) is 13.8. The van der Waals surface area contributed by atoms with Gasteiger partial charge in [-0.15, -0.1) is 0 Å². The minimum atomic E-state index is 0.598. The molecular formula is C14H12Cl2INO. The van der Waals surface area contributed by atoms with Crippen molar-refractivity contribution in [3.05, 3.63) is 55.6 Å². The van der Waals surface area contributed by atoms with Crippen LogP contribution in [-0.4, -0.2) is 7.11 Å². The van der Waals surface area contributed by atoms with Gasteiger partial charge in [-0.05, 0) is 52.9 Å². The summed E-state index contributed by atoms with van der Waals surface area (Å²) in [4.78, 5) is 0. The van der Waals surface area contributed by atoms with E-state index in [1.54, 1.807) is 7.11 Å². The molecule has 19 heavy (non-hydrogen) atoms. The largest absolute Gasteiger partial charge is 0.496 e. The van der Waals surface area contributed by atoms with E-state index in [2.05, 4.69) is 27.9 Å². The molecule has 0 saturated heterocycles. The lowest BCUT2D eigenvalue weighted by Crippen LogP contribution is -2.03. The molecule has 0 atom stereocenters. The second-order valence-electron chi connectivity index (χ2n) is 3.90. The minimum absolute atomic E-state index is 0.598. The second kappa shape index (κ2) is 6.68. The van der Waals surface area contributed by atoms with Gasteiger partial charge in [-0.1, -0.05) is 29.3 Å². The molecule has 0 amide bonds. The standard InChI is InChI=1S/C14H12Cl2INO/c1-19-14-4-2-3-11(16)10(14)8-18-13-6-5-9(15)7-12(13)17/h2-7,18H,8H2,1H3. The summed E-state index contributed by atoms with van der Waals surface area (Å²) >= 11 is 14.4. The SMILES string of the molecule is COc1cccc(Cl)c1CNc1ccc(Cl)cc1I. The first-order valence-corrected chi connectivity index (χ1v) is 7.45. The Morgan fingerprint density at radius 3 is 2.68 bits per heavy atom. The third kappa shape index (κ3) is 3.68. The molecule has 0 aliphatic heterocycles. The summed E-state index contributed by atoms with van der Waals surface area (Å²) in [6.45, 7) is 0.598. The number of nitrogens with one attached hydrogen (secondary N) is 1. The zero-order valence-corrected chi connectivity index (χ0v) is 13.9. The van der Waals surface area contributed by atoms with Crippen LogP contribution in [0.2, 0.25) is 10.0 Å². The molecule has 0 spiro atoms. The zero-order valence-electron chi connectivity index (χ0n) is 10.2. The van der Waals surface area contributed by atoms with Gasteiger partial charge in [0.25, 0.3) is 0 Å². The molecule has 2 nitrogen and oxygen atoms in total.